The Morgan fingerprint density at radius 1 is 1.17 bits per heavy atom. The molecule has 0 bridgehead atoms. The van der Waals surface area contributed by atoms with Crippen molar-refractivity contribution in [2.75, 3.05) is 0 Å². The summed E-state index contributed by atoms with van der Waals surface area (Å²) in [4.78, 5) is 16.4. The van der Waals surface area contributed by atoms with E-state index in [1.165, 1.54) is 4.68 Å². The molecular weight excluding hydrogens is 228 g/mol. The molecule has 3 aromatic rings. The molecule has 0 saturated carbocycles. The second-order valence-corrected chi connectivity index (χ2v) is 4.29. The number of benzene rings is 1. The molecule has 0 spiro atoms. The molecule has 2 aromatic heterocycles. The molecule has 90 valence electrons. The molecule has 0 aliphatic carbocycles. The molecule has 0 aliphatic rings. The van der Waals surface area contributed by atoms with Crippen molar-refractivity contribution < 1.29 is 0 Å². The summed E-state index contributed by atoms with van der Waals surface area (Å²) in [6, 6.07) is 7.65. The topological polar surface area (TPSA) is 52.7 Å². The summed E-state index contributed by atoms with van der Waals surface area (Å²) in [5.41, 5.74) is 2.87. The third kappa shape index (κ3) is 1.52. The van der Waals surface area contributed by atoms with Gasteiger partial charge in [0.05, 0.1) is 23.7 Å². The Labute approximate surface area is 103 Å². The van der Waals surface area contributed by atoms with Crippen LogP contribution in [-0.4, -0.2) is 19.3 Å². The minimum atomic E-state index is -0.197. The average Bonchev–Trinajstić information content (AvgIpc) is 2.74. The van der Waals surface area contributed by atoms with Gasteiger partial charge in [0.1, 0.15) is 0 Å². The Morgan fingerprint density at radius 3 is 2.61 bits per heavy atom. The number of fused-ring (bicyclic) bond motifs is 1. The number of aryl methyl sites for hydroxylation is 2. The van der Waals surface area contributed by atoms with E-state index in [0.717, 1.165) is 16.8 Å². The first-order chi connectivity index (χ1) is 8.66. The Morgan fingerprint density at radius 2 is 1.89 bits per heavy atom. The fourth-order valence-corrected chi connectivity index (χ4v) is 1.89. The summed E-state index contributed by atoms with van der Waals surface area (Å²) < 4.78 is 3.15. The zero-order chi connectivity index (χ0) is 12.7. The summed E-state index contributed by atoms with van der Waals surface area (Å²) in [6.07, 6.45) is 3.27. The lowest BCUT2D eigenvalue weighted by Crippen LogP contribution is -2.21. The van der Waals surface area contributed by atoms with E-state index in [2.05, 4.69) is 10.1 Å². The Balaban J connectivity index is 2.27. The van der Waals surface area contributed by atoms with Gasteiger partial charge in [-0.25, -0.2) is 4.98 Å². The van der Waals surface area contributed by atoms with E-state index in [1.54, 1.807) is 17.1 Å². The van der Waals surface area contributed by atoms with Crippen LogP contribution in [0.5, 0.6) is 0 Å². The number of imidazole rings is 1. The lowest BCUT2D eigenvalue weighted by Gasteiger charge is -2.04. The van der Waals surface area contributed by atoms with Crippen LogP contribution in [0.4, 0.5) is 0 Å². The summed E-state index contributed by atoms with van der Waals surface area (Å²) in [7, 11) is 1.84. The zero-order valence-corrected chi connectivity index (χ0v) is 10.2. The van der Waals surface area contributed by atoms with Gasteiger partial charge in [-0.15, -0.1) is 0 Å². The highest BCUT2D eigenvalue weighted by Crippen LogP contribution is 2.09. The molecule has 0 amide bonds. The van der Waals surface area contributed by atoms with Crippen molar-refractivity contribution >= 4 is 11.0 Å². The minimum absolute atomic E-state index is 0.197. The predicted molar refractivity (Wildman–Crippen MR) is 68.8 cm³/mol. The van der Waals surface area contributed by atoms with Crippen molar-refractivity contribution in [1.29, 1.82) is 0 Å². The van der Waals surface area contributed by atoms with E-state index < -0.39 is 0 Å². The highest BCUT2D eigenvalue weighted by molar-refractivity contribution is 5.73. The maximum Gasteiger partial charge on any atom is 0.299 e. The van der Waals surface area contributed by atoms with Crippen LogP contribution in [0, 0.1) is 6.92 Å². The molecule has 5 heteroatoms. The molecule has 0 fully saturated rings. The lowest BCUT2D eigenvalue weighted by molar-refractivity contribution is 0.814. The van der Waals surface area contributed by atoms with Gasteiger partial charge in [-0.1, -0.05) is 17.7 Å². The number of nitrogens with zero attached hydrogens (tertiary/aromatic N) is 4. The van der Waals surface area contributed by atoms with Crippen LogP contribution in [0.3, 0.4) is 0 Å². The average molecular weight is 240 g/mol. The molecule has 1 aromatic carbocycles. The molecule has 0 N–H and O–H groups in total. The number of rotatable bonds is 1. The van der Waals surface area contributed by atoms with Gasteiger partial charge in [-0.2, -0.15) is 9.78 Å². The van der Waals surface area contributed by atoms with Crippen molar-refractivity contribution in [3.8, 4) is 5.69 Å². The molecule has 0 unspecified atom stereocenters. The second-order valence-electron chi connectivity index (χ2n) is 4.29. The van der Waals surface area contributed by atoms with Crippen LogP contribution in [0.25, 0.3) is 16.7 Å². The standard InChI is InChI=1S/C13H12N4O/c1-9-3-5-10(6-4-9)17-13(18)12-11(7-15-17)16(2)8-14-12/h3-8H,1-2H3. The number of hydrogen-bond donors (Lipinski definition) is 0. The summed E-state index contributed by atoms with van der Waals surface area (Å²) in [6.45, 7) is 2.00. The van der Waals surface area contributed by atoms with Gasteiger partial charge in [0, 0.05) is 7.05 Å². The maximum absolute atomic E-state index is 12.3. The molecule has 0 radical (unpaired) electrons. The molecule has 0 saturated heterocycles. The first-order valence-corrected chi connectivity index (χ1v) is 5.63. The smallest absolute Gasteiger partial charge is 0.299 e. The third-order valence-electron chi connectivity index (χ3n) is 2.95. The Bertz CT molecular complexity index is 768. The van der Waals surface area contributed by atoms with Crippen LogP contribution in [0.1, 0.15) is 5.56 Å². The van der Waals surface area contributed by atoms with Crippen LogP contribution in [-0.2, 0) is 7.05 Å². The van der Waals surface area contributed by atoms with Gasteiger partial charge in [-0.05, 0) is 19.1 Å². The van der Waals surface area contributed by atoms with Crippen LogP contribution in [0.2, 0.25) is 0 Å². The normalized spacial score (nSPS) is 11.0. The molecule has 0 atom stereocenters. The minimum Gasteiger partial charge on any atom is -0.332 e. The summed E-state index contributed by atoms with van der Waals surface area (Å²) in [5.74, 6) is 0. The molecular formula is C13H12N4O. The van der Waals surface area contributed by atoms with E-state index >= 15 is 0 Å². The Kier molecular flexibility index (Phi) is 2.26. The first-order valence-electron chi connectivity index (χ1n) is 5.63. The van der Waals surface area contributed by atoms with E-state index in [1.807, 2.05) is 38.2 Å². The van der Waals surface area contributed by atoms with E-state index in [4.69, 9.17) is 0 Å². The molecule has 0 aliphatic heterocycles. The van der Waals surface area contributed by atoms with Crippen molar-refractivity contribution in [2.45, 2.75) is 6.92 Å². The van der Waals surface area contributed by atoms with Gasteiger partial charge >= 0.3 is 0 Å². The fourth-order valence-electron chi connectivity index (χ4n) is 1.89. The highest BCUT2D eigenvalue weighted by Gasteiger charge is 2.09. The quantitative estimate of drug-likeness (QED) is 0.646. The molecule has 3 rings (SSSR count). The van der Waals surface area contributed by atoms with Gasteiger partial charge in [0.25, 0.3) is 5.56 Å². The second kappa shape index (κ2) is 3.80. The van der Waals surface area contributed by atoms with Gasteiger partial charge < -0.3 is 4.57 Å². The SMILES string of the molecule is Cc1ccc(-n2ncc3c(ncn3C)c2=O)cc1. The summed E-state index contributed by atoms with van der Waals surface area (Å²) >= 11 is 0. The van der Waals surface area contributed by atoms with E-state index in [9.17, 15) is 4.79 Å². The fraction of sp³-hybridized carbons (Fsp3) is 0.154. The summed E-state index contributed by atoms with van der Waals surface area (Å²) in [5, 5.41) is 4.18. The van der Waals surface area contributed by atoms with Gasteiger partial charge in [-0.3, -0.25) is 4.79 Å². The van der Waals surface area contributed by atoms with E-state index in [-0.39, 0.29) is 5.56 Å². The van der Waals surface area contributed by atoms with Gasteiger partial charge in [0.2, 0.25) is 0 Å². The van der Waals surface area contributed by atoms with Crippen molar-refractivity contribution in [1.82, 2.24) is 19.3 Å². The monoisotopic (exact) mass is 240 g/mol. The number of hydrogen-bond acceptors (Lipinski definition) is 3. The predicted octanol–water partition coefficient (Wildman–Crippen LogP) is 1.43. The van der Waals surface area contributed by atoms with Crippen LogP contribution < -0.4 is 5.56 Å². The first kappa shape index (κ1) is 10.7. The maximum atomic E-state index is 12.3. The molecule has 5 nitrogen and oxygen atoms in total. The number of aromatic nitrogens is 4. The third-order valence-corrected chi connectivity index (χ3v) is 2.95. The molecule has 2 heterocycles. The van der Waals surface area contributed by atoms with Crippen LogP contribution >= 0.6 is 0 Å². The van der Waals surface area contributed by atoms with Crippen molar-refractivity contribution in [2.24, 2.45) is 7.05 Å². The van der Waals surface area contributed by atoms with Crippen LogP contribution in [0.15, 0.2) is 41.6 Å². The largest absolute Gasteiger partial charge is 0.332 e. The molecule has 18 heavy (non-hydrogen) atoms. The Hall–Kier alpha value is -2.43. The van der Waals surface area contributed by atoms with Gasteiger partial charge in [0.15, 0.2) is 5.52 Å². The van der Waals surface area contributed by atoms with Crippen molar-refractivity contribution in [3.05, 3.63) is 52.7 Å². The zero-order valence-electron chi connectivity index (χ0n) is 10.2. The highest BCUT2D eigenvalue weighted by atomic mass is 16.1. The van der Waals surface area contributed by atoms with Crippen molar-refractivity contribution in [3.63, 3.8) is 0 Å². The lowest BCUT2D eigenvalue weighted by atomic mass is 10.2. The van der Waals surface area contributed by atoms with E-state index in [0.29, 0.717) is 5.52 Å².